The molecule has 8 nitrogen and oxygen atoms in total. The molecule has 2 amide bonds. The number of amides is 2. The number of rotatable bonds is 10. The minimum Gasteiger partial charge on any atom is -0.497 e. The Labute approximate surface area is 227 Å². The molecule has 0 unspecified atom stereocenters. The van der Waals surface area contributed by atoms with E-state index in [2.05, 4.69) is 0 Å². The third kappa shape index (κ3) is 5.98. The average Bonchev–Trinajstić information content (AvgIpc) is 3.40. The summed E-state index contributed by atoms with van der Waals surface area (Å²) in [6.07, 6.45) is 0.468. The third-order valence-electron chi connectivity index (χ3n) is 6.35. The fourth-order valence-corrected chi connectivity index (χ4v) is 4.61. The Hall–Kier alpha value is -3.88. The smallest absolute Gasteiger partial charge is 0.262 e. The molecule has 0 saturated carbocycles. The predicted octanol–water partition coefficient (Wildman–Crippen LogP) is 4.82. The second kappa shape index (κ2) is 12.6. The Morgan fingerprint density at radius 1 is 1.00 bits per heavy atom. The van der Waals surface area contributed by atoms with E-state index in [9.17, 15) is 9.59 Å². The highest BCUT2D eigenvalue weighted by Crippen LogP contribution is 2.38. The van der Waals surface area contributed by atoms with Crippen LogP contribution in [0.4, 0.5) is 0 Å². The zero-order valence-electron chi connectivity index (χ0n) is 21.6. The number of para-hydroxylation sites is 1. The molecule has 3 aromatic carbocycles. The Bertz CT molecular complexity index is 1330. The number of ether oxygens (including phenoxy) is 3. The SMILES string of the molecule is COCCN(CC(=O)N1N=C(c2cccc(OC)c2)C[C@H]1c1ccccc1OC)C(=O)c1ccccc1Cl. The van der Waals surface area contributed by atoms with Gasteiger partial charge >= 0.3 is 0 Å². The Morgan fingerprint density at radius 2 is 1.76 bits per heavy atom. The molecule has 0 saturated heterocycles. The summed E-state index contributed by atoms with van der Waals surface area (Å²) in [5, 5.41) is 6.51. The van der Waals surface area contributed by atoms with Crippen LogP contribution in [-0.4, -0.2) is 68.5 Å². The normalized spacial score (nSPS) is 14.7. The minimum atomic E-state index is -0.417. The Balaban J connectivity index is 1.68. The van der Waals surface area contributed by atoms with Gasteiger partial charge in [-0.05, 0) is 30.3 Å². The van der Waals surface area contributed by atoms with Gasteiger partial charge in [0.2, 0.25) is 0 Å². The van der Waals surface area contributed by atoms with E-state index in [1.54, 1.807) is 45.6 Å². The van der Waals surface area contributed by atoms with Gasteiger partial charge in [0.15, 0.2) is 0 Å². The van der Waals surface area contributed by atoms with Crippen molar-refractivity contribution in [3.05, 3.63) is 94.5 Å². The summed E-state index contributed by atoms with van der Waals surface area (Å²) in [5.41, 5.74) is 2.73. The molecule has 0 spiro atoms. The van der Waals surface area contributed by atoms with Crippen LogP contribution in [0.5, 0.6) is 11.5 Å². The van der Waals surface area contributed by atoms with E-state index in [1.807, 2.05) is 48.5 Å². The zero-order chi connectivity index (χ0) is 27.1. The fraction of sp³-hybridized carbons (Fsp3) is 0.276. The van der Waals surface area contributed by atoms with E-state index in [1.165, 1.54) is 9.91 Å². The van der Waals surface area contributed by atoms with Gasteiger partial charge in [0.1, 0.15) is 18.0 Å². The Kier molecular flexibility index (Phi) is 8.99. The van der Waals surface area contributed by atoms with Crippen LogP contribution < -0.4 is 9.47 Å². The van der Waals surface area contributed by atoms with Crippen LogP contribution in [0.15, 0.2) is 77.9 Å². The van der Waals surface area contributed by atoms with Crippen LogP contribution in [0, 0.1) is 0 Å². The summed E-state index contributed by atoms with van der Waals surface area (Å²) in [5.74, 6) is 0.655. The first-order chi connectivity index (χ1) is 18.5. The molecule has 0 aliphatic carbocycles. The number of hydrogen-bond donors (Lipinski definition) is 0. The molecule has 3 aromatic rings. The van der Waals surface area contributed by atoms with Crippen molar-refractivity contribution in [2.45, 2.75) is 12.5 Å². The quantitative estimate of drug-likeness (QED) is 0.372. The van der Waals surface area contributed by atoms with Crippen LogP contribution in [-0.2, 0) is 9.53 Å². The third-order valence-corrected chi connectivity index (χ3v) is 6.68. The van der Waals surface area contributed by atoms with Gasteiger partial charge in [0, 0.05) is 31.2 Å². The van der Waals surface area contributed by atoms with Gasteiger partial charge in [-0.15, -0.1) is 0 Å². The van der Waals surface area contributed by atoms with Crippen molar-refractivity contribution in [2.75, 3.05) is 41.0 Å². The summed E-state index contributed by atoms with van der Waals surface area (Å²) >= 11 is 6.29. The maximum absolute atomic E-state index is 13.8. The lowest BCUT2D eigenvalue weighted by molar-refractivity contribution is -0.133. The summed E-state index contributed by atoms with van der Waals surface area (Å²) in [6.45, 7) is 0.275. The van der Waals surface area contributed by atoms with Crippen molar-refractivity contribution in [1.29, 1.82) is 0 Å². The lowest BCUT2D eigenvalue weighted by Crippen LogP contribution is -2.42. The molecule has 4 rings (SSSR count). The molecule has 0 radical (unpaired) electrons. The molecule has 0 aromatic heterocycles. The molecule has 0 N–H and O–H groups in total. The second-order valence-electron chi connectivity index (χ2n) is 8.68. The molecular formula is C29H30ClN3O5. The average molecular weight is 536 g/mol. The first-order valence-corrected chi connectivity index (χ1v) is 12.5. The van der Waals surface area contributed by atoms with Gasteiger partial charge in [-0.2, -0.15) is 5.10 Å². The van der Waals surface area contributed by atoms with Gasteiger partial charge in [-0.3, -0.25) is 9.59 Å². The largest absolute Gasteiger partial charge is 0.497 e. The number of methoxy groups -OCH3 is 3. The van der Waals surface area contributed by atoms with Crippen molar-refractivity contribution in [2.24, 2.45) is 5.10 Å². The van der Waals surface area contributed by atoms with Crippen LogP contribution in [0.25, 0.3) is 0 Å². The minimum absolute atomic E-state index is 0.200. The first-order valence-electron chi connectivity index (χ1n) is 12.2. The van der Waals surface area contributed by atoms with E-state index in [4.69, 9.17) is 30.9 Å². The summed E-state index contributed by atoms with van der Waals surface area (Å²) in [4.78, 5) is 28.6. The van der Waals surface area contributed by atoms with E-state index in [-0.39, 0.29) is 31.5 Å². The number of carbonyl (C=O) groups is 2. The van der Waals surface area contributed by atoms with E-state index in [0.29, 0.717) is 28.5 Å². The maximum atomic E-state index is 13.8. The first kappa shape index (κ1) is 27.2. The fourth-order valence-electron chi connectivity index (χ4n) is 4.40. The highest BCUT2D eigenvalue weighted by Gasteiger charge is 2.36. The molecule has 198 valence electrons. The topological polar surface area (TPSA) is 80.7 Å². The van der Waals surface area contributed by atoms with Crippen LogP contribution >= 0.6 is 11.6 Å². The number of halogens is 1. The predicted molar refractivity (Wildman–Crippen MR) is 146 cm³/mol. The molecule has 1 aliphatic rings. The second-order valence-corrected chi connectivity index (χ2v) is 9.09. The van der Waals surface area contributed by atoms with Crippen molar-refractivity contribution in [3.8, 4) is 11.5 Å². The molecule has 0 bridgehead atoms. The number of nitrogens with zero attached hydrogens (tertiary/aromatic N) is 3. The number of hydrogen-bond acceptors (Lipinski definition) is 6. The van der Waals surface area contributed by atoms with E-state index in [0.717, 1.165) is 16.8 Å². The lowest BCUT2D eigenvalue weighted by Gasteiger charge is -2.27. The summed E-state index contributed by atoms with van der Waals surface area (Å²) in [7, 11) is 4.75. The van der Waals surface area contributed by atoms with E-state index >= 15 is 0 Å². The van der Waals surface area contributed by atoms with Crippen molar-refractivity contribution in [1.82, 2.24) is 9.91 Å². The van der Waals surface area contributed by atoms with Crippen LogP contribution in [0.2, 0.25) is 5.02 Å². The molecule has 1 atom stereocenters. The van der Waals surface area contributed by atoms with Crippen LogP contribution in [0.1, 0.15) is 33.9 Å². The van der Waals surface area contributed by atoms with Crippen molar-refractivity contribution in [3.63, 3.8) is 0 Å². The van der Waals surface area contributed by atoms with Gasteiger partial charge in [-0.1, -0.05) is 54.1 Å². The Morgan fingerprint density at radius 3 is 2.50 bits per heavy atom. The molecule has 1 aliphatic heterocycles. The van der Waals surface area contributed by atoms with Crippen molar-refractivity contribution < 1.29 is 23.8 Å². The number of hydrazone groups is 1. The van der Waals surface area contributed by atoms with E-state index < -0.39 is 6.04 Å². The molecule has 9 heteroatoms. The summed E-state index contributed by atoms with van der Waals surface area (Å²) < 4.78 is 16.2. The van der Waals surface area contributed by atoms with Gasteiger partial charge in [0.05, 0.1) is 43.2 Å². The standard InChI is InChI=1S/C29H30ClN3O5/c1-36-16-15-32(29(35)22-11-4-6-13-24(22)30)19-28(34)33-26(23-12-5-7-14-27(23)38-3)18-25(31-33)20-9-8-10-21(17-20)37-2/h4-14,17,26H,15-16,18-19H2,1-3H3/t26-/m0/s1. The van der Waals surface area contributed by atoms with Crippen molar-refractivity contribution >= 4 is 29.1 Å². The lowest BCUT2D eigenvalue weighted by atomic mass is 9.97. The van der Waals surface area contributed by atoms with Gasteiger partial charge in [0.25, 0.3) is 11.8 Å². The highest BCUT2D eigenvalue weighted by molar-refractivity contribution is 6.33. The monoisotopic (exact) mass is 535 g/mol. The molecular weight excluding hydrogens is 506 g/mol. The van der Waals surface area contributed by atoms with Gasteiger partial charge in [-0.25, -0.2) is 5.01 Å². The molecule has 0 fully saturated rings. The molecule has 38 heavy (non-hydrogen) atoms. The maximum Gasteiger partial charge on any atom is 0.262 e. The summed E-state index contributed by atoms with van der Waals surface area (Å²) in [6, 6.07) is 21.5. The highest BCUT2D eigenvalue weighted by atomic mass is 35.5. The van der Waals surface area contributed by atoms with Gasteiger partial charge < -0.3 is 19.1 Å². The number of benzene rings is 3. The zero-order valence-corrected chi connectivity index (χ0v) is 22.4. The number of carbonyl (C=O) groups excluding carboxylic acids is 2. The molecule has 1 heterocycles. The van der Waals surface area contributed by atoms with Crippen LogP contribution in [0.3, 0.4) is 0 Å².